The van der Waals surface area contributed by atoms with Crippen LogP contribution < -0.4 is 5.32 Å². The van der Waals surface area contributed by atoms with Crippen molar-refractivity contribution in [1.29, 1.82) is 0 Å². The summed E-state index contributed by atoms with van der Waals surface area (Å²) < 4.78 is 6.22. The molecule has 1 atom stereocenters. The molecule has 2 rings (SSSR count). The van der Waals surface area contributed by atoms with Gasteiger partial charge < -0.3 is 10.1 Å². The fourth-order valence-corrected chi connectivity index (χ4v) is 2.31. The predicted molar refractivity (Wildman–Crippen MR) is 66.5 cm³/mol. The number of nitrogens with one attached hydrogen (secondary N) is 1. The second kappa shape index (κ2) is 4.97. The lowest BCUT2D eigenvalue weighted by molar-refractivity contribution is -0.124. The summed E-state index contributed by atoms with van der Waals surface area (Å²) in [5, 5.41) is 2.87. The monoisotopic (exact) mass is 283 g/mol. The van der Waals surface area contributed by atoms with Gasteiger partial charge in [-0.15, -0.1) is 0 Å². The maximum Gasteiger partial charge on any atom is 0.253 e. The van der Waals surface area contributed by atoms with Crippen LogP contribution in [0, 0.1) is 6.92 Å². The van der Waals surface area contributed by atoms with Crippen molar-refractivity contribution in [2.24, 2.45) is 0 Å². The molecule has 1 saturated heterocycles. The third-order valence-corrected chi connectivity index (χ3v) is 3.26. The second-order valence-electron chi connectivity index (χ2n) is 3.97. The van der Waals surface area contributed by atoms with Crippen LogP contribution in [-0.4, -0.2) is 18.6 Å². The summed E-state index contributed by atoms with van der Waals surface area (Å²) >= 11 is 3.43. The third kappa shape index (κ3) is 2.62. The molecule has 86 valence electrons. The highest BCUT2D eigenvalue weighted by atomic mass is 79.9. The van der Waals surface area contributed by atoms with E-state index in [0.717, 1.165) is 28.6 Å². The molecule has 4 heteroatoms. The quantitative estimate of drug-likeness (QED) is 0.906. The van der Waals surface area contributed by atoms with E-state index in [-0.39, 0.29) is 12.0 Å². The van der Waals surface area contributed by atoms with Crippen molar-refractivity contribution in [3.63, 3.8) is 0 Å². The van der Waals surface area contributed by atoms with Crippen LogP contribution in [0.15, 0.2) is 22.7 Å². The van der Waals surface area contributed by atoms with E-state index in [1.807, 2.05) is 25.1 Å². The second-order valence-corrected chi connectivity index (χ2v) is 4.83. The van der Waals surface area contributed by atoms with Crippen LogP contribution >= 0.6 is 15.9 Å². The molecular formula is C12H14BrNO2. The molecule has 0 aliphatic carbocycles. The Morgan fingerprint density at radius 3 is 3.00 bits per heavy atom. The molecule has 1 fully saturated rings. The fourth-order valence-electron chi connectivity index (χ4n) is 1.72. The Balaban J connectivity index is 2.05. The van der Waals surface area contributed by atoms with Gasteiger partial charge in [-0.1, -0.05) is 6.07 Å². The molecule has 0 bridgehead atoms. The van der Waals surface area contributed by atoms with Crippen molar-refractivity contribution >= 4 is 27.5 Å². The van der Waals surface area contributed by atoms with E-state index >= 15 is 0 Å². The van der Waals surface area contributed by atoms with Gasteiger partial charge in [-0.05, 0) is 53.4 Å². The summed E-state index contributed by atoms with van der Waals surface area (Å²) in [7, 11) is 0. The molecule has 1 aliphatic heterocycles. The van der Waals surface area contributed by atoms with Crippen molar-refractivity contribution < 1.29 is 9.53 Å². The van der Waals surface area contributed by atoms with Gasteiger partial charge in [0.15, 0.2) is 0 Å². The SMILES string of the molecule is Cc1ccc(NC(=O)[C@@H]2CCCO2)c(Br)c1. The molecule has 0 radical (unpaired) electrons. The topological polar surface area (TPSA) is 38.3 Å². The first-order chi connectivity index (χ1) is 7.66. The molecule has 1 amide bonds. The van der Waals surface area contributed by atoms with Crippen LogP contribution in [0.1, 0.15) is 18.4 Å². The minimum absolute atomic E-state index is 0.0537. The van der Waals surface area contributed by atoms with E-state index in [1.54, 1.807) is 0 Å². The molecule has 1 heterocycles. The summed E-state index contributed by atoms with van der Waals surface area (Å²) in [6.45, 7) is 2.70. The maximum atomic E-state index is 11.8. The summed E-state index contributed by atoms with van der Waals surface area (Å²) in [6, 6.07) is 5.84. The van der Waals surface area contributed by atoms with Gasteiger partial charge >= 0.3 is 0 Å². The van der Waals surface area contributed by atoms with Crippen molar-refractivity contribution in [1.82, 2.24) is 0 Å². The average Bonchev–Trinajstić information content (AvgIpc) is 2.75. The number of amides is 1. The van der Waals surface area contributed by atoms with Crippen molar-refractivity contribution in [2.45, 2.75) is 25.9 Å². The minimum atomic E-state index is -0.284. The van der Waals surface area contributed by atoms with Gasteiger partial charge in [0, 0.05) is 11.1 Å². The van der Waals surface area contributed by atoms with E-state index in [0.29, 0.717) is 6.61 Å². The normalized spacial score (nSPS) is 19.8. The number of hydrogen-bond donors (Lipinski definition) is 1. The first-order valence-electron chi connectivity index (χ1n) is 5.35. The van der Waals surface area contributed by atoms with Gasteiger partial charge in [0.25, 0.3) is 5.91 Å². The predicted octanol–water partition coefficient (Wildman–Crippen LogP) is 2.88. The Hall–Kier alpha value is -0.870. The third-order valence-electron chi connectivity index (χ3n) is 2.60. The zero-order valence-electron chi connectivity index (χ0n) is 9.13. The van der Waals surface area contributed by atoms with Crippen LogP contribution in [0.5, 0.6) is 0 Å². The molecule has 3 nitrogen and oxygen atoms in total. The number of hydrogen-bond acceptors (Lipinski definition) is 2. The van der Waals surface area contributed by atoms with Crippen molar-refractivity contribution in [2.75, 3.05) is 11.9 Å². The van der Waals surface area contributed by atoms with Gasteiger partial charge in [0.1, 0.15) is 6.10 Å². The molecule has 0 spiro atoms. The molecule has 16 heavy (non-hydrogen) atoms. The molecule has 0 unspecified atom stereocenters. The molecule has 0 aromatic heterocycles. The Kier molecular flexibility index (Phi) is 3.61. The van der Waals surface area contributed by atoms with Crippen molar-refractivity contribution in [3.8, 4) is 0 Å². The Labute approximate surface area is 103 Å². The standard InChI is InChI=1S/C12H14BrNO2/c1-8-4-5-10(9(13)7-8)14-12(15)11-3-2-6-16-11/h4-5,7,11H,2-3,6H2,1H3,(H,14,15)/t11-/m0/s1. The Morgan fingerprint density at radius 1 is 1.56 bits per heavy atom. The first kappa shape index (κ1) is 11.6. The van der Waals surface area contributed by atoms with E-state index in [9.17, 15) is 4.79 Å². The number of aryl methyl sites for hydroxylation is 1. The summed E-state index contributed by atoms with van der Waals surface area (Å²) in [5.74, 6) is -0.0537. The maximum absolute atomic E-state index is 11.8. The molecule has 1 N–H and O–H groups in total. The van der Waals surface area contributed by atoms with Gasteiger partial charge in [-0.2, -0.15) is 0 Å². The smallest absolute Gasteiger partial charge is 0.253 e. The van der Waals surface area contributed by atoms with E-state index in [1.165, 1.54) is 0 Å². The van der Waals surface area contributed by atoms with Crippen LogP contribution in [-0.2, 0) is 9.53 Å². The number of halogens is 1. The minimum Gasteiger partial charge on any atom is -0.368 e. The van der Waals surface area contributed by atoms with E-state index in [4.69, 9.17) is 4.74 Å². The van der Waals surface area contributed by atoms with E-state index < -0.39 is 0 Å². The lowest BCUT2D eigenvalue weighted by atomic mass is 10.2. The fraction of sp³-hybridized carbons (Fsp3) is 0.417. The summed E-state index contributed by atoms with van der Waals surface area (Å²) in [5.41, 5.74) is 1.95. The lowest BCUT2D eigenvalue weighted by Crippen LogP contribution is -2.26. The Bertz CT molecular complexity index is 400. The van der Waals surface area contributed by atoms with Gasteiger partial charge in [-0.25, -0.2) is 0 Å². The van der Waals surface area contributed by atoms with Crippen LogP contribution in [0.2, 0.25) is 0 Å². The molecule has 1 aromatic carbocycles. The summed E-state index contributed by atoms with van der Waals surface area (Å²) in [6.07, 6.45) is 1.50. The molecule has 1 aromatic rings. The van der Waals surface area contributed by atoms with Gasteiger partial charge in [-0.3, -0.25) is 4.79 Å². The molecular weight excluding hydrogens is 270 g/mol. The first-order valence-corrected chi connectivity index (χ1v) is 6.15. The zero-order valence-corrected chi connectivity index (χ0v) is 10.7. The highest BCUT2D eigenvalue weighted by Crippen LogP contribution is 2.24. The highest BCUT2D eigenvalue weighted by Gasteiger charge is 2.23. The number of rotatable bonds is 2. The van der Waals surface area contributed by atoms with Gasteiger partial charge in [0.05, 0.1) is 5.69 Å². The number of carbonyl (C=O) groups is 1. The number of benzene rings is 1. The van der Waals surface area contributed by atoms with E-state index in [2.05, 4.69) is 21.2 Å². The average molecular weight is 284 g/mol. The van der Waals surface area contributed by atoms with Crippen LogP contribution in [0.4, 0.5) is 5.69 Å². The molecule has 1 aliphatic rings. The highest BCUT2D eigenvalue weighted by molar-refractivity contribution is 9.10. The van der Waals surface area contributed by atoms with Crippen molar-refractivity contribution in [3.05, 3.63) is 28.2 Å². The zero-order chi connectivity index (χ0) is 11.5. The summed E-state index contributed by atoms with van der Waals surface area (Å²) in [4.78, 5) is 11.8. The van der Waals surface area contributed by atoms with Crippen LogP contribution in [0.25, 0.3) is 0 Å². The molecule has 0 saturated carbocycles. The van der Waals surface area contributed by atoms with Gasteiger partial charge in [0.2, 0.25) is 0 Å². The van der Waals surface area contributed by atoms with Crippen LogP contribution in [0.3, 0.4) is 0 Å². The number of ether oxygens (including phenoxy) is 1. The largest absolute Gasteiger partial charge is 0.368 e. The Morgan fingerprint density at radius 2 is 2.38 bits per heavy atom. The lowest BCUT2D eigenvalue weighted by Gasteiger charge is -2.11. The number of anilines is 1. The number of carbonyl (C=O) groups excluding carboxylic acids is 1.